The Morgan fingerprint density at radius 3 is 2.50 bits per heavy atom. The van der Waals surface area contributed by atoms with Crippen LogP contribution in [0.1, 0.15) is 21.8 Å². The van der Waals surface area contributed by atoms with E-state index in [-0.39, 0.29) is 11.7 Å². The summed E-state index contributed by atoms with van der Waals surface area (Å²) in [6, 6.07) is 14.4. The summed E-state index contributed by atoms with van der Waals surface area (Å²) in [6.45, 7) is 0. The fourth-order valence-corrected chi connectivity index (χ4v) is 3.66. The van der Waals surface area contributed by atoms with Crippen LogP contribution < -0.4 is 4.90 Å². The zero-order valence-corrected chi connectivity index (χ0v) is 14.9. The first kappa shape index (κ1) is 16.8. The molecule has 0 aliphatic carbocycles. The number of anilines is 1. The zero-order valence-electron chi connectivity index (χ0n) is 13.3. The number of likely N-dealkylation sites (N-methyl/N-ethyl adjacent to an activating group) is 1. The molecule has 1 aliphatic rings. The van der Waals surface area contributed by atoms with Gasteiger partial charge in [-0.05, 0) is 48.2 Å². The van der Waals surface area contributed by atoms with Gasteiger partial charge in [-0.25, -0.2) is 0 Å². The summed E-state index contributed by atoms with van der Waals surface area (Å²) in [5.41, 5.74) is 2.39. The molecule has 0 N–H and O–H groups in total. The Balaban J connectivity index is 1.98. The third-order valence-electron chi connectivity index (χ3n) is 4.11. The minimum Gasteiger partial charge on any atom is -0.314 e. The van der Waals surface area contributed by atoms with E-state index in [0.717, 1.165) is 16.2 Å². The van der Waals surface area contributed by atoms with E-state index in [1.165, 1.54) is 11.8 Å². The molecule has 0 bridgehead atoms. The van der Waals surface area contributed by atoms with E-state index < -0.39 is 5.92 Å². The number of halogens is 1. The second-order valence-corrected chi connectivity index (χ2v) is 6.83. The van der Waals surface area contributed by atoms with Crippen LogP contribution in [-0.4, -0.2) is 25.0 Å². The number of nitrogens with zero attached hydrogens (tertiary/aromatic N) is 1. The first-order chi connectivity index (χ1) is 11.5. The van der Waals surface area contributed by atoms with Crippen LogP contribution in [0.5, 0.6) is 0 Å². The number of ketones is 1. The Morgan fingerprint density at radius 2 is 1.83 bits per heavy atom. The normalized spacial score (nSPS) is 17.1. The van der Waals surface area contributed by atoms with E-state index in [2.05, 4.69) is 0 Å². The van der Waals surface area contributed by atoms with E-state index in [0.29, 0.717) is 10.6 Å². The van der Waals surface area contributed by atoms with Gasteiger partial charge in [0.15, 0.2) is 5.78 Å². The van der Waals surface area contributed by atoms with Gasteiger partial charge in [-0.2, -0.15) is 0 Å². The minimum absolute atomic E-state index is 0.0132. The SMILES string of the molecule is CS/C(=C/C(=O)c1ccc(Cl)cc1)C1C(=O)N(C)c2ccccc21. The number of carbonyl (C=O) groups is 2. The first-order valence-electron chi connectivity index (χ1n) is 7.45. The van der Waals surface area contributed by atoms with E-state index in [9.17, 15) is 9.59 Å². The summed E-state index contributed by atoms with van der Waals surface area (Å²) >= 11 is 7.29. The van der Waals surface area contributed by atoms with Crippen LogP contribution in [0.3, 0.4) is 0 Å². The molecule has 0 saturated carbocycles. The van der Waals surface area contributed by atoms with Gasteiger partial charge in [-0.15, -0.1) is 11.8 Å². The Hall–Kier alpha value is -2.04. The third kappa shape index (κ3) is 2.99. The number of amides is 1. The number of thioether (sulfide) groups is 1. The molecule has 3 rings (SSSR count). The molecule has 122 valence electrons. The molecule has 2 aromatic carbocycles. The van der Waals surface area contributed by atoms with Gasteiger partial charge in [0, 0.05) is 28.2 Å². The van der Waals surface area contributed by atoms with E-state index in [1.54, 1.807) is 42.3 Å². The molecular weight excluding hydrogens is 342 g/mol. The summed E-state index contributed by atoms with van der Waals surface area (Å²) in [4.78, 5) is 27.6. The number of hydrogen-bond acceptors (Lipinski definition) is 3. The van der Waals surface area contributed by atoms with Gasteiger partial charge in [-0.1, -0.05) is 29.8 Å². The standard InChI is InChI=1S/C19H16ClNO2S/c1-21-15-6-4-3-5-14(15)18(19(21)23)17(24-2)11-16(22)12-7-9-13(20)10-8-12/h3-11,18H,1-2H3/b17-11+. The van der Waals surface area contributed by atoms with Crippen molar-refractivity contribution in [3.8, 4) is 0 Å². The Bertz CT molecular complexity index is 830. The van der Waals surface area contributed by atoms with Gasteiger partial charge >= 0.3 is 0 Å². The van der Waals surface area contributed by atoms with Gasteiger partial charge in [0.25, 0.3) is 0 Å². The van der Waals surface area contributed by atoms with Crippen LogP contribution in [0, 0.1) is 0 Å². The van der Waals surface area contributed by atoms with Crippen molar-refractivity contribution in [2.75, 3.05) is 18.2 Å². The van der Waals surface area contributed by atoms with E-state index in [1.807, 2.05) is 30.5 Å². The monoisotopic (exact) mass is 357 g/mol. The maximum absolute atomic E-state index is 12.7. The van der Waals surface area contributed by atoms with Crippen molar-refractivity contribution in [2.45, 2.75) is 5.92 Å². The van der Waals surface area contributed by atoms with Crippen molar-refractivity contribution in [1.82, 2.24) is 0 Å². The molecule has 2 aromatic rings. The highest BCUT2D eigenvalue weighted by atomic mass is 35.5. The van der Waals surface area contributed by atoms with Gasteiger partial charge in [0.2, 0.25) is 5.91 Å². The third-order valence-corrected chi connectivity index (χ3v) is 5.19. The highest BCUT2D eigenvalue weighted by molar-refractivity contribution is 8.02. The van der Waals surface area contributed by atoms with Crippen LogP contribution in [0.25, 0.3) is 0 Å². The van der Waals surface area contributed by atoms with Gasteiger partial charge < -0.3 is 4.90 Å². The van der Waals surface area contributed by atoms with Crippen molar-refractivity contribution >= 4 is 40.7 Å². The van der Waals surface area contributed by atoms with Crippen LogP contribution in [-0.2, 0) is 4.79 Å². The molecule has 0 fully saturated rings. The highest BCUT2D eigenvalue weighted by Crippen LogP contribution is 2.43. The average molecular weight is 358 g/mol. The Kier molecular flexibility index (Phi) is 4.78. The van der Waals surface area contributed by atoms with Crippen molar-refractivity contribution in [3.05, 3.63) is 75.7 Å². The fourth-order valence-electron chi connectivity index (χ4n) is 2.84. The molecule has 24 heavy (non-hydrogen) atoms. The molecule has 1 heterocycles. The Morgan fingerprint density at radius 1 is 1.17 bits per heavy atom. The number of hydrogen-bond donors (Lipinski definition) is 0. The minimum atomic E-state index is -0.419. The molecule has 5 heteroatoms. The van der Waals surface area contributed by atoms with Crippen molar-refractivity contribution in [2.24, 2.45) is 0 Å². The number of benzene rings is 2. The lowest BCUT2D eigenvalue weighted by Gasteiger charge is -2.13. The lowest BCUT2D eigenvalue weighted by molar-refractivity contribution is -0.118. The number of rotatable bonds is 4. The summed E-state index contributed by atoms with van der Waals surface area (Å²) < 4.78 is 0. The Labute approximate surface area is 150 Å². The van der Waals surface area contributed by atoms with Crippen LogP contribution in [0.2, 0.25) is 5.02 Å². The molecule has 0 aromatic heterocycles. The lowest BCUT2D eigenvalue weighted by atomic mass is 9.98. The smallest absolute Gasteiger partial charge is 0.239 e. The molecule has 0 radical (unpaired) electrons. The molecule has 3 nitrogen and oxygen atoms in total. The molecule has 0 spiro atoms. The predicted octanol–water partition coefficient (Wildman–Crippen LogP) is 4.53. The molecule has 1 amide bonds. The predicted molar refractivity (Wildman–Crippen MR) is 100.0 cm³/mol. The van der Waals surface area contributed by atoms with Crippen molar-refractivity contribution in [3.63, 3.8) is 0 Å². The summed E-state index contributed by atoms with van der Waals surface area (Å²) in [7, 11) is 1.76. The molecule has 0 saturated heterocycles. The first-order valence-corrected chi connectivity index (χ1v) is 9.05. The van der Waals surface area contributed by atoms with E-state index in [4.69, 9.17) is 11.6 Å². The second kappa shape index (κ2) is 6.83. The topological polar surface area (TPSA) is 37.4 Å². The summed E-state index contributed by atoms with van der Waals surface area (Å²) in [5.74, 6) is -0.561. The van der Waals surface area contributed by atoms with E-state index >= 15 is 0 Å². The number of para-hydroxylation sites is 1. The van der Waals surface area contributed by atoms with Crippen LogP contribution in [0.15, 0.2) is 59.5 Å². The zero-order chi connectivity index (χ0) is 17.3. The molecule has 1 aliphatic heterocycles. The van der Waals surface area contributed by atoms with Crippen molar-refractivity contribution < 1.29 is 9.59 Å². The number of allylic oxidation sites excluding steroid dienone is 1. The van der Waals surface area contributed by atoms with Crippen LogP contribution >= 0.6 is 23.4 Å². The number of fused-ring (bicyclic) bond motifs is 1. The molecular formula is C19H16ClNO2S. The quantitative estimate of drug-likeness (QED) is 0.596. The second-order valence-electron chi connectivity index (χ2n) is 5.51. The summed E-state index contributed by atoms with van der Waals surface area (Å²) in [6.07, 6.45) is 3.45. The van der Waals surface area contributed by atoms with Gasteiger partial charge in [-0.3, -0.25) is 9.59 Å². The molecule has 1 unspecified atom stereocenters. The maximum atomic E-state index is 12.7. The van der Waals surface area contributed by atoms with Gasteiger partial charge in [0.05, 0.1) is 5.92 Å². The summed E-state index contributed by atoms with van der Waals surface area (Å²) in [5, 5.41) is 0.585. The maximum Gasteiger partial charge on any atom is 0.239 e. The molecule has 1 atom stereocenters. The van der Waals surface area contributed by atoms with Crippen LogP contribution in [0.4, 0.5) is 5.69 Å². The highest BCUT2D eigenvalue weighted by Gasteiger charge is 2.37. The van der Waals surface area contributed by atoms with Crippen molar-refractivity contribution in [1.29, 1.82) is 0 Å². The lowest BCUT2D eigenvalue weighted by Crippen LogP contribution is -2.24. The fraction of sp³-hybridized carbons (Fsp3) is 0.158. The average Bonchev–Trinajstić information content (AvgIpc) is 2.85. The largest absolute Gasteiger partial charge is 0.314 e. The number of carbonyl (C=O) groups excluding carboxylic acids is 2. The van der Waals surface area contributed by atoms with Gasteiger partial charge in [0.1, 0.15) is 0 Å².